The molecule has 0 fully saturated rings. The van der Waals surface area contributed by atoms with Crippen molar-refractivity contribution in [3.8, 4) is 22.4 Å². The molecule has 34 heavy (non-hydrogen) atoms. The molecule has 5 rings (SSSR count). The van der Waals surface area contributed by atoms with E-state index >= 15 is 0 Å². The van der Waals surface area contributed by atoms with Crippen LogP contribution in [0.3, 0.4) is 0 Å². The number of benzene rings is 2. The molecule has 0 radical (unpaired) electrons. The quantitative estimate of drug-likeness (QED) is 0.424. The number of pyridine rings is 1. The summed E-state index contributed by atoms with van der Waals surface area (Å²) in [6.45, 7) is 0. The number of nitrogens with one attached hydrogen (secondary N) is 1. The molecule has 0 amide bonds. The molecule has 1 aliphatic carbocycles. The van der Waals surface area contributed by atoms with Crippen molar-refractivity contribution in [3.05, 3.63) is 82.8 Å². The summed E-state index contributed by atoms with van der Waals surface area (Å²) in [6.07, 6.45) is 4.45. The number of nitrogen functional groups attached to an aromatic ring is 1. The zero-order valence-electron chi connectivity index (χ0n) is 17.4. The van der Waals surface area contributed by atoms with Gasteiger partial charge in [0, 0.05) is 29.6 Å². The second kappa shape index (κ2) is 8.30. The third-order valence-electron chi connectivity index (χ3n) is 5.48. The van der Waals surface area contributed by atoms with Crippen LogP contribution in [0.2, 0.25) is 5.02 Å². The van der Waals surface area contributed by atoms with Gasteiger partial charge in [-0.2, -0.15) is 0 Å². The molecule has 1 aliphatic rings. The number of rotatable bonds is 4. The maximum atomic E-state index is 14.2. The topological polar surface area (TPSA) is 111 Å². The molecule has 2 heterocycles. The lowest BCUT2D eigenvalue weighted by Gasteiger charge is -2.23. The van der Waals surface area contributed by atoms with E-state index in [0.29, 0.717) is 41.4 Å². The van der Waals surface area contributed by atoms with Gasteiger partial charge in [-0.1, -0.05) is 11.6 Å². The number of aromatic nitrogens is 3. The van der Waals surface area contributed by atoms with Crippen LogP contribution in [0.4, 0.5) is 20.4 Å². The molecule has 4 aromatic rings. The Kier molecular flexibility index (Phi) is 5.41. The van der Waals surface area contributed by atoms with E-state index < -0.39 is 26.6 Å². The highest BCUT2D eigenvalue weighted by Crippen LogP contribution is 2.42. The molecule has 0 saturated carbocycles. The number of hydrogen-bond acceptors (Lipinski definition) is 6. The van der Waals surface area contributed by atoms with Crippen molar-refractivity contribution in [3.63, 3.8) is 0 Å². The van der Waals surface area contributed by atoms with Crippen molar-refractivity contribution < 1.29 is 17.2 Å². The largest absolute Gasteiger partial charge is 0.368 e. The van der Waals surface area contributed by atoms with Crippen LogP contribution in [-0.4, -0.2) is 23.4 Å². The normalized spacial score (nSPS) is 12.7. The lowest BCUT2D eigenvalue weighted by Crippen LogP contribution is -2.16. The second-order valence-corrected chi connectivity index (χ2v) is 9.72. The Hall–Kier alpha value is -3.63. The molecular weight excluding hydrogens is 484 g/mol. The maximum absolute atomic E-state index is 14.2. The lowest BCUT2D eigenvalue weighted by molar-refractivity contribution is 0.551. The number of fused-ring (bicyclic) bond motifs is 3. The van der Waals surface area contributed by atoms with Gasteiger partial charge in [-0.05, 0) is 60.4 Å². The predicted molar refractivity (Wildman–Crippen MR) is 125 cm³/mol. The van der Waals surface area contributed by atoms with Gasteiger partial charge in [0.25, 0.3) is 10.0 Å². The zero-order valence-corrected chi connectivity index (χ0v) is 19.0. The minimum Gasteiger partial charge on any atom is -0.368 e. The zero-order chi connectivity index (χ0) is 24.0. The van der Waals surface area contributed by atoms with Crippen LogP contribution in [-0.2, 0) is 22.9 Å². The summed E-state index contributed by atoms with van der Waals surface area (Å²) in [5, 5.41) is 0.134. The van der Waals surface area contributed by atoms with Crippen LogP contribution < -0.4 is 10.5 Å². The highest BCUT2D eigenvalue weighted by atomic mass is 35.5. The van der Waals surface area contributed by atoms with Crippen molar-refractivity contribution >= 4 is 33.3 Å². The van der Waals surface area contributed by atoms with Crippen LogP contribution in [0.5, 0.6) is 0 Å². The van der Waals surface area contributed by atoms with E-state index in [-0.39, 0.29) is 16.7 Å². The molecule has 0 atom stereocenters. The van der Waals surface area contributed by atoms with Gasteiger partial charge in [0.05, 0.1) is 22.1 Å². The highest BCUT2D eigenvalue weighted by molar-refractivity contribution is 7.92. The molecule has 3 N–H and O–H groups in total. The molecular formula is C23H16ClF2N5O2S. The second-order valence-electron chi connectivity index (χ2n) is 7.66. The van der Waals surface area contributed by atoms with E-state index in [1.54, 1.807) is 36.7 Å². The van der Waals surface area contributed by atoms with Crippen LogP contribution >= 0.6 is 11.6 Å². The van der Waals surface area contributed by atoms with Gasteiger partial charge < -0.3 is 5.73 Å². The number of aryl methyl sites for hydroxylation is 2. The number of anilines is 2. The molecule has 2 aromatic carbocycles. The number of nitrogens with zero attached hydrogens (tertiary/aromatic N) is 3. The summed E-state index contributed by atoms with van der Waals surface area (Å²) >= 11 is 6.39. The van der Waals surface area contributed by atoms with Gasteiger partial charge in [-0.25, -0.2) is 27.2 Å². The van der Waals surface area contributed by atoms with Crippen molar-refractivity contribution in [1.29, 1.82) is 0 Å². The first-order chi connectivity index (χ1) is 16.2. The maximum Gasteiger partial charge on any atom is 0.264 e. The van der Waals surface area contributed by atoms with Gasteiger partial charge in [0.2, 0.25) is 5.95 Å². The van der Waals surface area contributed by atoms with E-state index in [1.807, 2.05) is 0 Å². The van der Waals surface area contributed by atoms with Gasteiger partial charge in [0.1, 0.15) is 16.5 Å². The fourth-order valence-electron chi connectivity index (χ4n) is 3.99. The van der Waals surface area contributed by atoms with Gasteiger partial charge in [-0.15, -0.1) is 0 Å². The van der Waals surface area contributed by atoms with Crippen LogP contribution in [0.15, 0.2) is 59.8 Å². The Morgan fingerprint density at radius 3 is 2.50 bits per heavy atom. The Morgan fingerprint density at radius 2 is 1.76 bits per heavy atom. The fraction of sp³-hybridized carbons (Fsp3) is 0.0870. The predicted octanol–water partition coefficient (Wildman–Crippen LogP) is 4.62. The van der Waals surface area contributed by atoms with E-state index in [1.165, 1.54) is 0 Å². The summed E-state index contributed by atoms with van der Waals surface area (Å²) < 4.78 is 55.5. The summed E-state index contributed by atoms with van der Waals surface area (Å²) in [7, 11) is -4.39. The minimum absolute atomic E-state index is 0.0366. The van der Waals surface area contributed by atoms with Crippen LogP contribution in [0.25, 0.3) is 22.4 Å². The summed E-state index contributed by atoms with van der Waals surface area (Å²) in [5.41, 5.74) is 10.3. The first-order valence-electron chi connectivity index (χ1n) is 10.1. The van der Waals surface area contributed by atoms with E-state index in [0.717, 1.165) is 23.3 Å². The molecule has 7 nitrogen and oxygen atoms in total. The first kappa shape index (κ1) is 22.2. The Balaban J connectivity index is 1.65. The molecule has 0 unspecified atom stereocenters. The average Bonchev–Trinajstić information content (AvgIpc) is 2.79. The molecule has 11 heteroatoms. The third-order valence-corrected chi connectivity index (χ3v) is 7.19. The number of hydrogen-bond donors (Lipinski definition) is 2. The Morgan fingerprint density at radius 1 is 1.00 bits per heavy atom. The first-order valence-corrected chi connectivity index (χ1v) is 12.0. The lowest BCUT2D eigenvalue weighted by atomic mass is 9.86. The Bertz CT molecular complexity index is 1550. The minimum atomic E-state index is -4.39. The summed E-state index contributed by atoms with van der Waals surface area (Å²) in [6, 6.07) is 9.02. The van der Waals surface area contributed by atoms with Crippen LogP contribution in [0.1, 0.15) is 11.3 Å². The third kappa shape index (κ3) is 3.95. The van der Waals surface area contributed by atoms with E-state index in [2.05, 4.69) is 19.7 Å². The van der Waals surface area contributed by atoms with E-state index in [9.17, 15) is 17.2 Å². The van der Waals surface area contributed by atoms with Crippen molar-refractivity contribution in [1.82, 2.24) is 15.0 Å². The standard InChI is InChI=1S/C23H16ClF2N5O2S/c24-16-9-13-1-3-18-21(22(30-23(27)29-18)12-5-7-28-8-6-12)15(13)11-19(16)31-34(32,33)20-4-2-14(25)10-17(20)26/h2,4-11,31H,1,3H2,(H2,27,29,30). The SMILES string of the molecule is Nc1nc2c(c(-c3ccncc3)n1)-c1cc(NS(=O)(=O)c3ccc(F)cc3F)c(Cl)cc1CC2. The van der Waals surface area contributed by atoms with Gasteiger partial charge >= 0.3 is 0 Å². The number of halogens is 3. The molecule has 0 aliphatic heterocycles. The number of sulfonamides is 1. The fourth-order valence-corrected chi connectivity index (χ4v) is 5.41. The number of nitrogens with two attached hydrogens (primary N) is 1. The smallest absolute Gasteiger partial charge is 0.264 e. The monoisotopic (exact) mass is 499 g/mol. The Labute approximate surface area is 198 Å². The highest BCUT2D eigenvalue weighted by Gasteiger charge is 2.27. The average molecular weight is 500 g/mol. The molecule has 2 aromatic heterocycles. The molecule has 0 spiro atoms. The van der Waals surface area contributed by atoms with Gasteiger partial charge in [-0.3, -0.25) is 9.71 Å². The summed E-state index contributed by atoms with van der Waals surface area (Å²) in [4.78, 5) is 12.2. The van der Waals surface area contributed by atoms with E-state index in [4.69, 9.17) is 17.3 Å². The van der Waals surface area contributed by atoms with Crippen LogP contribution in [0, 0.1) is 11.6 Å². The summed E-state index contributed by atoms with van der Waals surface area (Å²) in [5.74, 6) is -1.98. The van der Waals surface area contributed by atoms with Gasteiger partial charge in [0.15, 0.2) is 0 Å². The molecule has 0 bridgehead atoms. The molecule has 172 valence electrons. The van der Waals surface area contributed by atoms with Crippen molar-refractivity contribution in [2.24, 2.45) is 0 Å². The molecule has 0 saturated heterocycles. The van der Waals surface area contributed by atoms with Crippen molar-refractivity contribution in [2.75, 3.05) is 10.5 Å². The van der Waals surface area contributed by atoms with Crippen molar-refractivity contribution in [2.45, 2.75) is 17.7 Å².